The molecular weight excluding hydrogens is 246 g/mol. The van der Waals surface area contributed by atoms with Crippen molar-refractivity contribution in [2.45, 2.75) is 0 Å². The highest BCUT2D eigenvalue weighted by molar-refractivity contribution is 5.66. The average Bonchev–Trinajstić information content (AvgIpc) is 2.30. The molecule has 2 aromatic rings. The van der Waals surface area contributed by atoms with Crippen molar-refractivity contribution in [1.29, 1.82) is 5.26 Å². The van der Waals surface area contributed by atoms with Gasteiger partial charge in [0, 0.05) is 11.6 Å². The highest BCUT2D eigenvalue weighted by Gasteiger charge is 2.17. The number of hydrogen-bond donors (Lipinski definition) is 0. The third-order valence-corrected chi connectivity index (χ3v) is 2.28. The quantitative estimate of drug-likeness (QED) is 0.709. The molecule has 2 aromatic carbocycles. The van der Waals surface area contributed by atoms with E-state index in [4.69, 9.17) is 5.26 Å². The van der Waals surface area contributed by atoms with Crippen LogP contribution in [0.1, 0.15) is 5.56 Å². The summed E-state index contributed by atoms with van der Waals surface area (Å²) in [5.41, 5.74) is -1.42. The maximum atomic E-state index is 13.6. The highest BCUT2D eigenvalue weighted by atomic mass is 19.1. The molecule has 0 amide bonds. The Labute approximate surface area is 99.9 Å². The fourth-order valence-corrected chi connectivity index (χ4v) is 1.51. The van der Waals surface area contributed by atoms with Crippen LogP contribution < -0.4 is 0 Å². The summed E-state index contributed by atoms with van der Waals surface area (Å²) >= 11 is 0. The Morgan fingerprint density at radius 1 is 0.944 bits per heavy atom. The predicted molar refractivity (Wildman–Crippen MR) is 55.3 cm³/mol. The number of rotatable bonds is 1. The second-order valence-electron chi connectivity index (χ2n) is 3.47. The summed E-state index contributed by atoms with van der Waals surface area (Å²) in [6.07, 6.45) is 0. The maximum absolute atomic E-state index is 13.6. The molecule has 0 N–H and O–H groups in total. The Kier molecular flexibility index (Phi) is 3.02. The van der Waals surface area contributed by atoms with Crippen LogP contribution in [0.4, 0.5) is 17.6 Å². The van der Waals surface area contributed by atoms with Crippen molar-refractivity contribution in [3.05, 3.63) is 59.2 Å². The number of benzene rings is 2. The van der Waals surface area contributed by atoms with Gasteiger partial charge in [0.2, 0.25) is 0 Å². The van der Waals surface area contributed by atoms with Gasteiger partial charge in [-0.3, -0.25) is 0 Å². The van der Waals surface area contributed by atoms with Crippen LogP contribution in [-0.2, 0) is 0 Å². The molecule has 0 unspecified atom stereocenters. The molecule has 0 aliphatic heterocycles. The zero-order chi connectivity index (χ0) is 13.3. The summed E-state index contributed by atoms with van der Waals surface area (Å²) in [5.74, 6) is -4.23. The molecular formula is C13H4F4N. The molecule has 0 atom stereocenters. The normalized spacial score (nSPS) is 10.2. The van der Waals surface area contributed by atoms with Crippen LogP contribution in [0.25, 0.3) is 11.1 Å². The van der Waals surface area contributed by atoms with Crippen molar-refractivity contribution in [3.8, 4) is 17.2 Å². The van der Waals surface area contributed by atoms with Crippen molar-refractivity contribution < 1.29 is 17.6 Å². The summed E-state index contributed by atoms with van der Waals surface area (Å²) in [7, 11) is 0. The summed E-state index contributed by atoms with van der Waals surface area (Å²) in [5, 5.41) is 8.52. The van der Waals surface area contributed by atoms with Gasteiger partial charge in [0.25, 0.3) is 0 Å². The van der Waals surface area contributed by atoms with E-state index in [9.17, 15) is 17.6 Å². The number of hydrogen-bond acceptors (Lipinski definition) is 1. The molecule has 1 nitrogen and oxygen atoms in total. The van der Waals surface area contributed by atoms with E-state index in [0.717, 1.165) is 18.2 Å². The molecule has 0 aliphatic carbocycles. The van der Waals surface area contributed by atoms with Crippen LogP contribution in [0.15, 0.2) is 24.3 Å². The molecule has 0 aliphatic rings. The zero-order valence-electron chi connectivity index (χ0n) is 8.77. The smallest absolute Gasteiger partial charge is 0.135 e. The Bertz CT molecular complexity index is 636. The van der Waals surface area contributed by atoms with Gasteiger partial charge in [0.15, 0.2) is 0 Å². The lowest BCUT2D eigenvalue weighted by Crippen LogP contribution is -1.95. The first kappa shape index (κ1) is 12.1. The molecule has 5 heteroatoms. The maximum Gasteiger partial charge on any atom is 0.135 e. The molecule has 0 aromatic heterocycles. The van der Waals surface area contributed by atoms with Crippen molar-refractivity contribution in [3.63, 3.8) is 0 Å². The van der Waals surface area contributed by atoms with E-state index in [0.29, 0.717) is 6.07 Å². The SMILES string of the molecule is N#Cc1cc(F)c(-c2[c]cc(F)cc2F)c(F)c1. The molecule has 0 heterocycles. The molecule has 0 saturated heterocycles. The summed E-state index contributed by atoms with van der Waals surface area (Å²) in [6.45, 7) is 0. The van der Waals surface area contributed by atoms with Crippen molar-refractivity contribution in [2.75, 3.05) is 0 Å². The molecule has 1 radical (unpaired) electrons. The molecule has 2 rings (SSSR count). The van der Waals surface area contributed by atoms with Crippen molar-refractivity contribution in [1.82, 2.24) is 0 Å². The fourth-order valence-electron chi connectivity index (χ4n) is 1.51. The fraction of sp³-hybridized carbons (Fsp3) is 0. The third kappa shape index (κ3) is 2.05. The largest absolute Gasteiger partial charge is 0.207 e. The first-order valence-electron chi connectivity index (χ1n) is 4.79. The van der Waals surface area contributed by atoms with Crippen molar-refractivity contribution in [2.24, 2.45) is 0 Å². The number of nitriles is 1. The van der Waals surface area contributed by atoms with Crippen LogP contribution in [0.5, 0.6) is 0 Å². The lowest BCUT2D eigenvalue weighted by atomic mass is 10.0. The molecule has 89 valence electrons. The first-order valence-corrected chi connectivity index (χ1v) is 4.79. The van der Waals surface area contributed by atoms with Gasteiger partial charge in [-0.15, -0.1) is 0 Å². The molecule has 0 saturated carbocycles. The van der Waals surface area contributed by atoms with E-state index in [-0.39, 0.29) is 5.56 Å². The van der Waals surface area contributed by atoms with Crippen LogP contribution in [0.3, 0.4) is 0 Å². The van der Waals surface area contributed by atoms with E-state index in [2.05, 4.69) is 6.07 Å². The van der Waals surface area contributed by atoms with Crippen LogP contribution in [0.2, 0.25) is 0 Å². The van der Waals surface area contributed by atoms with Crippen molar-refractivity contribution >= 4 is 0 Å². The van der Waals surface area contributed by atoms with Crippen LogP contribution >= 0.6 is 0 Å². The first-order chi connectivity index (χ1) is 8.52. The number of halogens is 4. The molecule has 0 fully saturated rings. The van der Waals surface area contributed by atoms with Gasteiger partial charge >= 0.3 is 0 Å². The third-order valence-electron chi connectivity index (χ3n) is 2.28. The van der Waals surface area contributed by atoms with E-state index in [1.54, 1.807) is 6.07 Å². The van der Waals surface area contributed by atoms with E-state index >= 15 is 0 Å². The van der Waals surface area contributed by atoms with Gasteiger partial charge in [0.1, 0.15) is 23.3 Å². The zero-order valence-corrected chi connectivity index (χ0v) is 8.77. The molecule has 0 spiro atoms. The molecule has 18 heavy (non-hydrogen) atoms. The van der Waals surface area contributed by atoms with Gasteiger partial charge in [-0.1, -0.05) is 0 Å². The standard InChI is InChI=1S/C13H4F4N/c14-8-1-2-9(10(15)5-8)13-11(16)3-7(6-18)4-12(13)17/h1,3-5H. The Balaban J connectivity index is 2.68. The Hall–Kier alpha value is -2.35. The van der Waals surface area contributed by atoms with Crippen LogP contribution in [-0.4, -0.2) is 0 Å². The molecule has 0 bridgehead atoms. The monoisotopic (exact) mass is 250 g/mol. The highest BCUT2D eigenvalue weighted by Crippen LogP contribution is 2.29. The van der Waals surface area contributed by atoms with Gasteiger partial charge in [-0.25, -0.2) is 17.6 Å². The lowest BCUT2D eigenvalue weighted by molar-refractivity contribution is 0.570. The van der Waals surface area contributed by atoms with Gasteiger partial charge < -0.3 is 0 Å². The summed E-state index contributed by atoms with van der Waals surface area (Å²) in [4.78, 5) is 0. The second-order valence-corrected chi connectivity index (χ2v) is 3.47. The van der Waals surface area contributed by atoms with Gasteiger partial charge in [0.05, 0.1) is 17.2 Å². The topological polar surface area (TPSA) is 23.8 Å². The lowest BCUT2D eigenvalue weighted by Gasteiger charge is -2.06. The summed E-state index contributed by atoms with van der Waals surface area (Å²) in [6, 6.07) is 6.52. The van der Waals surface area contributed by atoms with E-state index < -0.39 is 34.4 Å². The Morgan fingerprint density at radius 2 is 1.56 bits per heavy atom. The average molecular weight is 250 g/mol. The second kappa shape index (κ2) is 4.49. The minimum atomic E-state index is -1.13. The minimum Gasteiger partial charge on any atom is -0.207 e. The summed E-state index contributed by atoms with van der Waals surface area (Å²) < 4.78 is 53.3. The predicted octanol–water partition coefficient (Wildman–Crippen LogP) is 3.58. The van der Waals surface area contributed by atoms with Gasteiger partial charge in [-0.05, 0) is 24.3 Å². The van der Waals surface area contributed by atoms with Crippen LogP contribution in [0, 0.1) is 40.7 Å². The Morgan fingerprint density at radius 3 is 2.06 bits per heavy atom. The van der Waals surface area contributed by atoms with Gasteiger partial charge in [-0.2, -0.15) is 5.26 Å². The number of nitrogens with zero attached hydrogens (tertiary/aromatic N) is 1. The van der Waals surface area contributed by atoms with E-state index in [1.807, 2.05) is 0 Å². The minimum absolute atomic E-state index is 0.226. The van der Waals surface area contributed by atoms with E-state index in [1.165, 1.54) is 0 Å².